The predicted octanol–water partition coefficient (Wildman–Crippen LogP) is 1.77. The zero-order valence-electron chi connectivity index (χ0n) is 16.4. The van der Waals surface area contributed by atoms with Crippen LogP contribution in [0.25, 0.3) is 0 Å². The van der Waals surface area contributed by atoms with Gasteiger partial charge in [0.1, 0.15) is 6.04 Å². The number of ketones is 1. The molecular weight excluding hydrogens is 362 g/mol. The summed E-state index contributed by atoms with van der Waals surface area (Å²) in [5, 5.41) is 15.5. The van der Waals surface area contributed by atoms with Crippen molar-refractivity contribution >= 4 is 17.7 Å². The third-order valence-corrected chi connectivity index (χ3v) is 5.35. The molecule has 1 aliphatic heterocycles. The minimum absolute atomic E-state index is 0.0202. The average molecular weight is 389 g/mol. The first-order valence-electron chi connectivity index (χ1n) is 9.39. The largest absolute Gasteiger partial charge is 0.480 e. The maximum Gasteiger partial charge on any atom is 0.326 e. The van der Waals surface area contributed by atoms with Crippen molar-refractivity contribution in [3.8, 4) is 0 Å². The van der Waals surface area contributed by atoms with Crippen LogP contribution in [0.2, 0.25) is 0 Å². The molecule has 0 saturated carbocycles. The monoisotopic (exact) mass is 389 g/mol. The van der Waals surface area contributed by atoms with Gasteiger partial charge in [-0.1, -0.05) is 35.5 Å². The molecule has 1 fully saturated rings. The van der Waals surface area contributed by atoms with Crippen LogP contribution in [0.15, 0.2) is 35.5 Å². The number of nitrogens with one attached hydrogen (secondary N) is 1. The van der Waals surface area contributed by atoms with Crippen molar-refractivity contribution in [2.24, 2.45) is 5.18 Å². The molecule has 2 N–H and O–H groups in total. The van der Waals surface area contributed by atoms with Gasteiger partial charge >= 0.3 is 5.97 Å². The summed E-state index contributed by atoms with van der Waals surface area (Å²) in [4.78, 5) is 48.6. The lowest BCUT2D eigenvalue weighted by Crippen LogP contribution is -2.51. The fourth-order valence-corrected chi connectivity index (χ4v) is 3.58. The van der Waals surface area contributed by atoms with Crippen LogP contribution in [0.5, 0.6) is 0 Å². The molecule has 0 bridgehead atoms. The van der Waals surface area contributed by atoms with Gasteiger partial charge in [0, 0.05) is 12.5 Å². The maximum absolute atomic E-state index is 12.8. The molecule has 1 amide bonds. The molecule has 1 unspecified atom stereocenters. The number of nitroso groups, excluding NO2 is 1. The second kappa shape index (κ2) is 9.05. The molecule has 0 aromatic heterocycles. The molecule has 2 rings (SSSR count). The Bertz CT molecular complexity index is 739. The van der Waals surface area contributed by atoms with Gasteiger partial charge < -0.3 is 15.3 Å². The van der Waals surface area contributed by atoms with Crippen LogP contribution in [-0.4, -0.2) is 57.9 Å². The van der Waals surface area contributed by atoms with Crippen LogP contribution in [0, 0.1) is 4.91 Å². The number of nitrogens with zero attached hydrogens (tertiary/aromatic N) is 2. The van der Waals surface area contributed by atoms with Crippen LogP contribution in [0.1, 0.15) is 39.2 Å². The molecule has 1 heterocycles. The topological polar surface area (TPSA) is 116 Å². The number of carbonyl (C=O) groups is 3. The second-order valence-corrected chi connectivity index (χ2v) is 7.52. The Balaban J connectivity index is 2.01. The minimum atomic E-state index is -1.68. The van der Waals surface area contributed by atoms with E-state index in [2.05, 4.69) is 10.5 Å². The van der Waals surface area contributed by atoms with Crippen LogP contribution < -0.4 is 5.32 Å². The molecule has 0 spiro atoms. The smallest absolute Gasteiger partial charge is 0.326 e. The first-order chi connectivity index (χ1) is 13.2. The lowest BCUT2D eigenvalue weighted by molar-refractivity contribution is -0.148. The third kappa shape index (κ3) is 4.81. The van der Waals surface area contributed by atoms with Gasteiger partial charge in [-0.15, -0.1) is 4.91 Å². The molecule has 1 aromatic carbocycles. The summed E-state index contributed by atoms with van der Waals surface area (Å²) in [5.41, 5.74) is -0.485. The van der Waals surface area contributed by atoms with E-state index in [-0.39, 0.29) is 19.0 Å². The summed E-state index contributed by atoms with van der Waals surface area (Å²) in [6.07, 6.45) is 1.36. The number of aliphatic carboxylic acids is 1. The molecule has 152 valence electrons. The number of benzene rings is 1. The molecule has 8 nitrogen and oxygen atoms in total. The van der Waals surface area contributed by atoms with Gasteiger partial charge in [-0.3, -0.25) is 9.59 Å². The molecule has 1 saturated heterocycles. The lowest BCUT2D eigenvalue weighted by atomic mass is 9.93. The molecule has 0 radical (unpaired) electrons. The van der Waals surface area contributed by atoms with Crippen molar-refractivity contribution in [1.82, 2.24) is 10.2 Å². The summed E-state index contributed by atoms with van der Waals surface area (Å²) in [6.45, 7) is 4.51. The van der Waals surface area contributed by atoms with Gasteiger partial charge in [-0.25, -0.2) is 4.79 Å². The van der Waals surface area contributed by atoms with Crippen LogP contribution >= 0.6 is 0 Å². The van der Waals surface area contributed by atoms with E-state index in [1.54, 1.807) is 6.92 Å². The van der Waals surface area contributed by atoms with Gasteiger partial charge in [0.05, 0.1) is 12.6 Å². The van der Waals surface area contributed by atoms with E-state index in [9.17, 15) is 24.4 Å². The molecule has 0 aliphatic carbocycles. The highest BCUT2D eigenvalue weighted by atomic mass is 16.4. The Kier molecular flexibility index (Phi) is 7.01. The Morgan fingerprint density at radius 2 is 1.93 bits per heavy atom. The Hall–Kier alpha value is -2.61. The van der Waals surface area contributed by atoms with E-state index < -0.39 is 35.3 Å². The number of hydrogen-bond acceptors (Lipinski definition) is 6. The normalized spacial score (nSPS) is 23.8. The third-order valence-electron chi connectivity index (χ3n) is 5.35. The van der Waals surface area contributed by atoms with E-state index >= 15 is 0 Å². The molecule has 28 heavy (non-hydrogen) atoms. The summed E-state index contributed by atoms with van der Waals surface area (Å²) < 4.78 is 0. The number of carbonyl (C=O) groups excluding carboxylic acids is 2. The summed E-state index contributed by atoms with van der Waals surface area (Å²) in [5.74, 6) is -2.23. The standard InChI is InChI=1S/C20H27N3O5/c1-13(9-10-16-7-5-4-6-8-16)21-14(2)18(25)23-12-20(22-28,15(3)24)11-17(23)19(26)27/h4-8,13-14,17,21H,9-12H2,1-3H3,(H,26,27)/t13-,14+,17+,20?/m1/s1. The first-order valence-corrected chi connectivity index (χ1v) is 9.39. The Morgan fingerprint density at radius 3 is 2.46 bits per heavy atom. The van der Waals surface area contributed by atoms with Crippen molar-refractivity contribution in [2.45, 2.75) is 63.7 Å². The number of Topliss-reactive ketones (excluding diaryl/α,β-unsaturated/α-hetero) is 1. The Morgan fingerprint density at radius 1 is 1.29 bits per heavy atom. The molecule has 8 heteroatoms. The second-order valence-electron chi connectivity index (χ2n) is 7.52. The van der Waals surface area contributed by atoms with Gasteiger partial charge in [-0.2, -0.15) is 0 Å². The quantitative estimate of drug-likeness (QED) is 0.622. The zero-order chi connectivity index (χ0) is 20.9. The van der Waals surface area contributed by atoms with Crippen LogP contribution in [0.4, 0.5) is 0 Å². The highest BCUT2D eigenvalue weighted by molar-refractivity contribution is 5.93. The van der Waals surface area contributed by atoms with Crippen molar-refractivity contribution in [2.75, 3.05) is 6.54 Å². The van der Waals surface area contributed by atoms with E-state index in [1.807, 2.05) is 37.3 Å². The minimum Gasteiger partial charge on any atom is -0.480 e. The van der Waals surface area contributed by atoms with Crippen molar-refractivity contribution < 1.29 is 19.5 Å². The van der Waals surface area contributed by atoms with E-state index in [4.69, 9.17) is 0 Å². The van der Waals surface area contributed by atoms with Crippen LogP contribution in [-0.2, 0) is 20.8 Å². The summed E-state index contributed by atoms with van der Waals surface area (Å²) in [7, 11) is 0. The Labute approximate surface area is 164 Å². The first kappa shape index (κ1) is 21.7. The average Bonchev–Trinajstić information content (AvgIpc) is 3.08. The highest BCUT2D eigenvalue weighted by Crippen LogP contribution is 2.32. The van der Waals surface area contributed by atoms with E-state index in [0.717, 1.165) is 17.7 Å². The zero-order valence-corrected chi connectivity index (χ0v) is 16.4. The number of aryl methyl sites for hydroxylation is 1. The van der Waals surface area contributed by atoms with Crippen molar-refractivity contribution in [3.63, 3.8) is 0 Å². The molecule has 1 aromatic rings. The number of hydrogen-bond donors (Lipinski definition) is 2. The van der Waals surface area contributed by atoms with E-state index in [0.29, 0.717) is 0 Å². The molecule has 4 atom stereocenters. The fourth-order valence-electron chi connectivity index (χ4n) is 3.58. The van der Waals surface area contributed by atoms with Crippen molar-refractivity contribution in [1.29, 1.82) is 0 Å². The van der Waals surface area contributed by atoms with Gasteiger partial charge in [0.25, 0.3) is 0 Å². The molecular formula is C20H27N3O5. The SMILES string of the molecule is CC(=O)C1(N=O)C[C@@H](C(=O)O)N(C(=O)[C@H](C)N[C@H](C)CCc2ccccc2)C1. The van der Waals surface area contributed by atoms with Crippen LogP contribution in [0.3, 0.4) is 0 Å². The van der Waals surface area contributed by atoms with E-state index in [1.165, 1.54) is 12.5 Å². The highest BCUT2D eigenvalue weighted by Gasteiger charge is 2.53. The number of amides is 1. The predicted molar refractivity (Wildman–Crippen MR) is 104 cm³/mol. The number of carboxylic acid groups (broad SMARTS) is 1. The van der Waals surface area contributed by atoms with Gasteiger partial charge in [-0.05, 0) is 39.2 Å². The van der Waals surface area contributed by atoms with Gasteiger partial charge in [0.2, 0.25) is 5.91 Å². The van der Waals surface area contributed by atoms with Crippen molar-refractivity contribution in [3.05, 3.63) is 40.8 Å². The number of likely N-dealkylation sites (tertiary alicyclic amines) is 1. The fraction of sp³-hybridized carbons (Fsp3) is 0.550. The molecule has 1 aliphatic rings. The number of rotatable bonds is 9. The summed E-state index contributed by atoms with van der Waals surface area (Å²) >= 11 is 0. The number of carboxylic acids is 1. The summed E-state index contributed by atoms with van der Waals surface area (Å²) in [6, 6.07) is 8.11. The van der Waals surface area contributed by atoms with Gasteiger partial charge in [0.15, 0.2) is 11.3 Å². The lowest BCUT2D eigenvalue weighted by Gasteiger charge is -2.27. The maximum atomic E-state index is 12.8.